The Morgan fingerprint density at radius 1 is 1.27 bits per heavy atom. The molecule has 0 bridgehead atoms. The minimum Gasteiger partial charge on any atom is -0.390 e. The molecule has 0 saturated carbocycles. The monoisotopic (exact) mass is 236 g/mol. The molecule has 0 aromatic carbocycles. The Hall–Kier alpha value is 0.0569. The lowest BCUT2D eigenvalue weighted by Crippen LogP contribution is -2.40. The van der Waals surface area contributed by atoms with Gasteiger partial charge in [-0.1, -0.05) is 20.3 Å². The van der Waals surface area contributed by atoms with Crippen LogP contribution in [0.15, 0.2) is 0 Å². The van der Waals surface area contributed by atoms with Gasteiger partial charge < -0.3 is 18.4 Å². The molecule has 1 N–H and O–H groups in total. The van der Waals surface area contributed by atoms with Crippen LogP contribution in [0.1, 0.15) is 26.7 Å². The average molecular weight is 236 g/mol. The van der Waals surface area contributed by atoms with Gasteiger partial charge >= 0.3 is 8.80 Å². The highest BCUT2D eigenvalue weighted by Gasteiger charge is 2.33. The van der Waals surface area contributed by atoms with Gasteiger partial charge in [0.15, 0.2) is 0 Å². The van der Waals surface area contributed by atoms with Gasteiger partial charge in [-0.05, 0) is 12.3 Å². The molecular weight excluding hydrogens is 212 g/mol. The van der Waals surface area contributed by atoms with Crippen molar-refractivity contribution in [1.29, 1.82) is 0 Å². The van der Waals surface area contributed by atoms with Gasteiger partial charge in [-0.25, -0.2) is 0 Å². The molecule has 92 valence electrons. The molecule has 0 amide bonds. The summed E-state index contributed by atoms with van der Waals surface area (Å²) in [6, 6.07) is 0.556. The van der Waals surface area contributed by atoms with Crippen molar-refractivity contribution in [2.75, 3.05) is 27.4 Å². The highest BCUT2D eigenvalue weighted by atomic mass is 28.4. The summed E-state index contributed by atoms with van der Waals surface area (Å²) < 4.78 is 15.4. The van der Waals surface area contributed by atoms with Crippen molar-refractivity contribution in [3.8, 4) is 0 Å². The molecule has 0 rings (SSSR count). The Labute approximate surface area is 93.9 Å². The van der Waals surface area contributed by atoms with Crippen LogP contribution in [-0.4, -0.2) is 41.0 Å². The van der Waals surface area contributed by atoms with Gasteiger partial charge in [0.05, 0.1) is 0 Å². The Kier molecular flexibility index (Phi) is 8.27. The molecule has 0 saturated heterocycles. The fraction of sp³-hybridized carbons (Fsp3) is 1.00. The van der Waals surface area contributed by atoms with Gasteiger partial charge in [0, 0.05) is 33.5 Å². The molecule has 4 nitrogen and oxygen atoms in total. The zero-order valence-corrected chi connectivity index (χ0v) is 11.3. The first-order valence-electron chi connectivity index (χ1n) is 5.48. The molecule has 0 aromatic heterocycles. The van der Waals surface area contributed by atoms with Gasteiger partial charge in [-0.3, -0.25) is 0 Å². The molecular formula is C10H24O4Si. The summed E-state index contributed by atoms with van der Waals surface area (Å²) in [6.45, 7) is 5.76. The molecule has 0 aliphatic rings. The molecule has 0 aromatic rings. The molecule has 0 heterocycles. The largest absolute Gasteiger partial charge is 0.497 e. The van der Waals surface area contributed by atoms with Crippen LogP contribution in [0.3, 0.4) is 0 Å². The maximum atomic E-state index is 9.72. The van der Waals surface area contributed by atoms with E-state index in [1.54, 1.807) is 0 Å². The van der Waals surface area contributed by atoms with E-state index in [-0.39, 0.29) is 0 Å². The first kappa shape index (κ1) is 15.1. The van der Waals surface area contributed by atoms with E-state index < -0.39 is 8.80 Å². The molecule has 0 aliphatic heterocycles. The number of rotatable bonds is 9. The minimum atomic E-state index is -2.86. The molecule has 5 heteroatoms. The summed E-state index contributed by atoms with van der Waals surface area (Å²) in [5.41, 5.74) is 0. The van der Waals surface area contributed by atoms with E-state index in [0.717, 1.165) is 19.4 Å². The number of ether oxygens (including phenoxy) is 1. The van der Waals surface area contributed by atoms with Crippen molar-refractivity contribution in [2.45, 2.75) is 32.7 Å². The van der Waals surface area contributed by atoms with Crippen molar-refractivity contribution in [3.63, 3.8) is 0 Å². The lowest BCUT2D eigenvalue weighted by Gasteiger charge is -2.19. The highest BCUT2D eigenvalue weighted by molar-refractivity contribution is 6.59. The van der Waals surface area contributed by atoms with Crippen molar-refractivity contribution in [1.82, 2.24) is 0 Å². The maximum absolute atomic E-state index is 9.72. The van der Waals surface area contributed by atoms with Gasteiger partial charge in [0.25, 0.3) is 0 Å². The number of hydrogen-bond donors (Lipinski definition) is 1. The van der Waals surface area contributed by atoms with Gasteiger partial charge in [0.2, 0.25) is 0 Å². The van der Waals surface area contributed by atoms with Gasteiger partial charge in [-0.15, -0.1) is 0 Å². The van der Waals surface area contributed by atoms with Crippen LogP contribution in [0, 0.1) is 5.92 Å². The summed E-state index contributed by atoms with van der Waals surface area (Å²) in [6.07, 6.45) is 1.91. The Bertz CT molecular complexity index is 150. The Morgan fingerprint density at radius 3 is 2.33 bits per heavy atom. The molecule has 0 radical (unpaired) electrons. The maximum Gasteiger partial charge on any atom is 0.497 e. The first-order valence-corrected chi connectivity index (χ1v) is 7.45. The van der Waals surface area contributed by atoms with Gasteiger partial charge in [-0.2, -0.15) is 0 Å². The predicted molar refractivity (Wildman–Crippen MR) is 61.7 cm³/mol. The molecule has 0 aliphatic carbocycles. The Balaban J connectivity index is 3.45. The van der Waals surface area contributed by atoms with E-state index in [4.69, 9.17) is 13.6 Å². The normalized spacial score (nSPS) is 14.2. The van der Waals surface area contributed by atoms with Crippen LogP contribution in [0.4, 0.5) is 0 Å². The van der Waals surface area contributed by atoms with Crippen molar-refractivity contribution in [2.24, 2.45) is 5.92 Å². The molecule has 1 unspecified atom stereocenters. The summed E-state index contributed by atoms with van der Waals surface area (Å²) in [5.74, 6) is 0.603. The zero-order chi connectivity index (χ0) is 11.7. The summed E-state index contributed by atoms with van der Waals surface area (Å²) >= 11 is 0. The third-order valence-electron chi connectivity index (χ3n) is 2.52. The average Bonchev–Trinajstić information content (AvgIpc) is 2.27. The van der Waals surface area contributed by atoms with Crippen LogP contribution in [0.2, 0.25) is 6.04 Å². The van der Waals surface area contributed by atoms with Crippen molar-refractivity contribution < 1.29 is 18.4 Å². The van der Waals surface area contributed by atoms with E-state index >= 15 is 0 Å². The fourth-order valence-corrected chi connectivity index (χ4v) is 2.25. The standard InChI is InChI=1S/C10H24O4Si/c1-5-10(2)9-14-7-6-8-15(11,12-3)13-4/h10-11H,5-9H2,1-4H3. The van der Waals surface area contributed by atoms with Crippen LogP contribution in [0.25, 0.3) is 0 Å². The Morgan fingerprint density at radius 2 is 1.87 bits per heavy atom. The van der Waals surface area contributed by atoms with Crippen molar-refractivity contribution in [3.05, 3.63) is 0 Å². The molecule has 1 atom stereocenters. The predicted octanol–water partition coefficient (Wildman–Crippen LogP) is 1.66. The third-order valence-corrected chi connectivity index (χ3v) is 4.78. The minimum absolute atomic E-state index is 0.556. The summed E-state index contributed by atoms with van der Waals surface area (Å²) in [4.78, 5) is 9.72. The topological polar surface area (TPSA) is 47.9 Å². The first-order chi connectivity index (χ1) is 7.08. The lowest BCUT2D eigenvalue weighted by molar-refractivity contribution is 0.0967. The van der Waals surface area contributed by atoms with Crippen LogP contribution in [0.5, 0.6) is 0 Å². The van der Waals surface area contributed by atoms with E-state index in [2.05, 4.69) is 13.8 Å². The smallest absolute Gasteiger partial charge is 0.390 e. The lowest BCUT2D eigenvalue weighted by atomic mass is 10.1. The highest BCUT2D eigenvalue weighted by Crippen LogP contribution is 2.10. The summed E-state index contributed by atoms with van der Waals surface area (Å²) in [7, 11) is 0.101. The third kappa shape index (κ3) is 7.02. The number of hydrogen-bond acceptors (Lipinski definition) is 4. The quantitative estimate of drug-likeness (QED) is 0.488. The van der Waals surface area contributed by atoms with E-state index in [1.165, 1.54) is 14.2 Å². The van der Waals surface area contributed by atoms with Crippen LogP contribution < -0.4 is 0 Å². The SMILES string of the molecule is CCC(C)COCCC[Si](O)(OC)OC. The van der Waals surface area contributed by atoms with Crippen LogP contribution >= 0.6 is 0 Å². The van der Waals surface area contributed by atoms with Crippen LogP contribution in [-0.2, 0) is 13.6 Å². The fourth-order valence-electron chi connectivity index (χ4n) is 1.09. The zero-order valence-electron chi connectivity index (χ0n) is 10.3. The molecule has 0 fully saturated rings. The van der Waals surface area contributed by atoms with E-state index in [0.29, 0.717) is 18.6 Å². The molecule has 0 spiro atoms. The second-order valence-corrected chi connectivity index (χ2v) is 6.55. The van der Waals surface area contributed by atoms with E-state index in [9.17, 15) is 4.80 Å². The second kappa shape index (κ2) is 8.24. The van der Waals surface area contributed by atoms with E-state index in [1.807, 2.05) is 0 Å². The summed E-state index contributed by atoms with van der Waals surface area (Å²) in [5, 5.41) is 0. The van der Waals surface area contributed by atoms with Gasteiger partial charge in [0.1, 0.15) is 0 Å². The van der Waals surface area contributed by atoms with Crippen molar-refractivity contribution >= 4 is 8.80 Å². The second-order valence-electron chi connectivity index (χ2n) is 3.81. The molecule has 15 heavy (non-hydrogen) atoms.